The molecule has 1 unspecified atom stereocenters. The lowest BCUT2D eigenvalue weighted by atomic mass is 9.89. The zero-order chi connectivity index (χ0) is 15.4. The fraction of sp³-hybridized carbons (Fsp3) is 0.647. The molecule has 3 rings (SSSR count). The molecule has 0 aliphatic carbocycles. The number of benzene rings is 1. The number of sulfonamides is 1. The number of piperidine rings is 1. The first-order valence-electron chi connectivity index (χ1n) is 8.40. The van der Waals surface area contributed by atoms with Crippen molar-refractivity contribution in [3.05, 3.63) is 35.9 Å². The first-order valence-corrected chi connectivity index (χ1v) is 10.0. The van der Waals surface area contributed by atoms with Crippen LogP contribution in [0.3, 0.4) is 0 Å². The number of halogens is 1. The summed E-state index contributed by atoms with van der Waals surface area (Å²) in [6.07, 6.45) is 5.13. The second-order valence-electron chi connectivity index (χ2n) is 6.49. The summed E-state index contributed by atoms with van der Waals surface area (Å²) in [5.41, 5.74) is 1.09. The van der Waals surface area contributed by atoms with E-state index in [1.165, 1.54) is 12.8 Å². The largest absolute Gasteiger partial charge is 0.314 e. The van der Waals surface area contributed by atoms with Crippen LogP contribution in [0.5, 0.6) is 0 Å². The van der Waals surface area contributed by atoms with Gasteiger partial charge in [0.05, 0.1) is 5.75 Å². The number of rotatable bonds is 5. The van der Waals surface area contributed by atoms with E-state index in [0.717, 1.165) is 24.9 Å². The molecule has 1 aromatic rings. The molecular formula is C17H27ClN2O2S. The van der Waals surface area contributed by atoms with E-state index in [4.69, 9.17) is 0 Å². The lowest BCUT2D eigenvalue weighted by molar-refractivity contribution is 0.234. The van der Waals surface area contributed by atoms with E-state index in [2.05, 4.69) is 5.32 Å². The van der Waals surface area contributed by atoms with E-state index in [9.17, 15) is 8.42 Å². The van der Waals surface area contributed by atoms with Crippen LogP contribution in [0.15, 0.2) is 30.3 Å². The van der Waals surface area contributed by atoms with Gasteiger partial charge in [0.25, 0.3) is 0 Å². The molecule has 2 fully saturated rings. The van der Waals surface area contributed by atoms with Crippen molar-refractivity contribution in [2.24, 2.45) is 5.92 Å². The summed E-state index contributed by atoms with van der Waals surface area (Å²) in [6.45, 7) is 2.51. The highest BCUT2D eigenvalue weighted by molar-refractivity contribution is 7.89. The Kier molecular flexibility index (Phi) is 6.89. The van der Waals surface area contributed by atoms with Gasteiger partial charge in [-0.15, -0.1) is 12.4 Å². The van der Waals surface area contributed by atoms with Crippen molar-refractivity contribution in [2.75, 3.05) is 25.4 Å². The minimum absolute atomic E-state index is 0. The Labute approximate surface area is 146 Å². The molecule has 0 amide bonds. The van der Waals surface area contributed by atoms with Crippen molar-refractivity contribution in [1.29, 1.82) is 0 Å². The van der Waals surface area contributed by atoms with Gasteiger partial charge in [-0.2, -0.15) is 0 Å². The van der Waals surface area contributed by atoms with Crippen LogP contribution in [0.2, 0.25) is 0 Å². The smallest absolute Gasteiger partial charge is 0.214 e. The van der Waals surface area contributed by atoms with Gasteiger partial charge in [0.2, 0.25) is 10.0 Å². The maximum absolute atomic E-state index is 12.5. The van der Waals surface area contributed by atoms with E-state index >= 15 is 0 Å². The lowest BCUT2D eigenvalue weighted by Gasteiger charge is -2.34. The molecule has 0 bridgehead atoms. The standard InChI is InChI=1S/C17H26N2O2S.ClH/c20-22(21,14-10-15-5-2-1-3-6-15)19-12-8-16(9-13-19)17-7-4-11-18-17;/h1-3,5-6,16-18H,4,7-14H2;1H. The zero-order valence-electron chi connectivity index (χ0n) is 13.5. The average molecular weight is 359 g/mol. The Hall–Kier alpha value is -0.620. The molecule has 2 aliphatic heterocycles. The summed E-state index contributed by atoms with van der Waals surface area (Å²) in [5.74, 6) is 0.881. The number of hydrogen-bond acceptors (Lipinski definition) is 3. The predicted octanol–water partition coefficient (Wildman–Crippen LogP) is 2.44. The SMILES string of the molecule is Cl.O=S(=O)(CCc1ccccc1)N1CCC(C2CCCN2)CC1. The number of nitrogens with zero attached hydrogens (tertiary/aromatic N) is 1. The van der Waals surface area contributed by atoms with Crippen molar-refractivity contribution in [1.82, 2.24) is 9.62 Å². The monoisotopic (exact) mass is 358 g/mol. The van der Waals surface area contributed by atoms with Crippen LogP contribution in [0.1, 0.15) is 31.2 Å². The molecule has 1 N–H and O–H groups in total. The number of aryl methyl sites for hydroxylation is 1. The van der Waals surface area contributed by atoms with Gasteiger partial charge in [0, 0.05) is 19.1 Å². The second kappa shape index (κ2) is 8.47. The van der Waals surface area contributed by atoms with Crippen molar-refractivity contribution >= 4 is 22.4 Å². The molecule has 1 atom stereocenters. The quantitative estimate of drug-likeness (QED) is 0.879. The van der Waals surface area contributed by atoms with Crippen LogP contribution in [-0.4, -0.2) is 44.2 Å². The van der Waals surface area contributed by atoms with Crippen molar-refractivity contribution in [2.45, 2.75) is 38.1 Å². The third kappa shape index (κ3) is 4.92. The molecule has 1 aromatic carbocycles. The summed E-state index contributed by atoms with van der Waals surface area (Å²) in [4.78, 5) is 0. The van der Waals surface area contributed by atoms with Crippen molar-refractivity contribution in [3.8, 4) is 0 Å². The minimum atomic E-state index is -3.12. The molecule has 6 heteroatoms. The van der Waals surface area contributed by atoms with Gasteiger partial charge in [-0.1, -0.05) is 30.3 Å². The summed E-state index contributed by atoms with van der Waals surface area (Å²) >= 11 is 0. The van der Waals surface area contributed by atoms with Gasteiger partial charge >= 0.3 is 0 Å². The van der Waals surface area contributed by atoms with Gasteiger partial charge in [-0.05, 0) is 50.1 Å². The first kappa shape index (κ1) is 18.7. The summed E-state index contributed by atoms with van der Waals surface area (Å²) < 4.78 is 26.7. The molecule has 23 heavy (non-hydrogen) atoms. The highest BCUT2D eigenvalue weighted by Gasteiger charge is 2.32. The molecule has 4 nitrogen and oxygen atoms in total. The minimum Gasteiger partial charge on any atom is -0.314 e. The highest BCUT2D eigenvalue weighted by Crippen LogP contribution is 2.27. The van der Waals surface area contributed by atoms with E-state index in [1.807, 2.05) is 30.3 Å². The van der Waals surface area contributed by atoms with E-state index in [-0.39, 0.29) is 18.2 Å². The Morgan fingerprint density at radius 3 is 2.39 bits per heavy atom. The number of nitrogens with one attached hydrogen (secondary N) is 1. The summed E-state index contributed by atoms with van der Waals surface area (Å²) in [5, 5.41) is 3.56. The Balaban J connectivity index is 0.00000192. The van der Waals surface area contributed by atoms with Gasteiger partial charge < -0.3 is 5.32 Å². The van der Waals surface area contributed by atoms with E-state index < -0.39 is 10.0 Å². The third-order valence-corrected chi connectivity index (χ3v) is 6.92. The highest BCUT2D eigenvalue weighted by atomic mass is 35.5. The molecule has 0 radical (unpaired) electrons. The Bertz CT molecular complexity index is 566. The van der Waals surface area contributed by atoms with Crippen LogP contribution in [0.25, 0.3) is 0 Å². The molecule has 2 aliphatic rings. The van der Waals surface area contributed by atoms with Crippen LogP contribution < -0.4 is 5.32 Å². The van der Waals surface area contributed by atoms with Gasteiger partial charge in [0.1, 0.15) is 0 Å². The second-order valence-corrected chi connectivity index (χ2v) is 8.58. The third-order valence-electron chi connectivity index (χ3n) is 5.05. The average Bonchev–Trinajstić information content (AvgIpc) is 3.09. The molecule has 2 saturated heterocycles. The van der Waals surface area contributed by atoms with Crippen molar-refractivity contribution < 1.29 is 8.42 Å². The molecule has 0 spiro atoms. The molecule has 130 valence electrons. The van der Waals surface area contributed by atoms with Crippen LogP contribution >= 0.6 is 12.4 Å². The fourth-order valence-corrected chi connectivity index (χ4v) is 5.21. The summed E-state index contributed by atoms with van der Waals surface area (Å²) in [7, 11) is -3.12. The Morgan fingerprint density at radius 2 is 1.78 bits per heavy atom. The van der Waals surface area contributed by atoms with Gasteiger partial charge in [-0.3, -0.25) is 0 Å². The van der Waals surface area contributed by atoms with E-state index in [0.29, 0.717) is 31.5 Å². The van der Waals surface area contributed by atoms with Crippen LogP contribution in [0, 0.1) is 5.92 Å². The van der Waals surface area contributed by atoms with E-state index in [1.54, 1.807) is 4.31 Å². The topological polar surface area (TPSA) is 49.4 Å². The molecular weight excluding hydrogens is 332 g/mol. The van der Waals surface area contributed by atoms with Gasteiger partial charge in [-0.25, -0.2) is 12.7 Å². The predicted molar refractivity (Wildman–Crippen MR) is 96.5 cm³/mol. The molecule has 0 saturated carbocycles. The number of hydrogen-bond donors (Lipinski definition) is 1. The lowest BCUT2D eigenvalue weighted by Crippen LogP contribution is -2.44. The van der Waals surface area contributed by atoms with Crippen LogP contribution in [-0.2, 0) is 16.4 Å². The maximum atomic E-state index is 12.5. The normalized spacial score (nSPS) is 23.6. The molecule has 2 heterocycles. The van der Waals surface area contributed by atoms with Gasteiger partial charge in [0.15, 0.2) is 0 Å². The zero-order valence-corrected chi connectivity index (χ0v) is 15.1. The maximum Gasteiger partial charge on any atom is 0.214 e. The van der Waals surface area contributed by atoms with Crippen molar-refractivity contribution in [3.63, 3.8) is 0 Å². The fourth-order valence-electron chi connectivity index (χ4n) is 3.69. The molecule has 0 aromatic heterocycles. The first-order chi connectivity index (χ1) is 10.6. The Morgan fingerprint density at radius 1 is 1.09 bits per heavy atom. The van der Waals surface area contributed by atoms with Crippen LogP contribution in [0.4, 0.5) is 0 Å². The summed E-state index contributed by atoms with van der Waals surface area (Å²) in [6, 6.07) is 10.5.